The van der Waals surface area contributed by atoms with Crippen molar-refractivity contribution in [1.29, 1.82) is 0 Å². The predicted octanol–water partition coefficient (Wildman–Crippen LogP) is 0.739. The van der Waals surface area contributed by atoms with Crippen LogP contribution in [0.15, 0.2) is 18.2 Å². The minimum Gasteiger partial charge on any atom is -0.507 e. The van der Waals surface area contributed by atoms with E-state index in [0.29, 0.717) is 0 Å². The lowest BCUT2D eigenvalue weighted by molar-refractivity contribution is 0.0988. The molecule has 0 saturated carbocycles. The van der Waals surface area contributed by atoms with Crippen molar-refractivity contribution in [1.82, 2.24) is 0 Å². The molecule has 0 saturated heterocycles. The van der Waals surface area contributed by atoms with Crippen LogP contribution in [-0.2, 0) is 0 Å². The molecule has 5 nitrogen and oxygen atoms in total. The van der Waals surface area contributed by atoms with Crippen LogP contribution in [0, 0.1) is 0 Å². The van der Waals surface area contributed by atoms with Crippen LogP contribution in [-0.4, -0.2) is 26.9 Å². The number of carbonyl (C=O) groups excluding carboxylic acids is 2. The SMILES string of the molecule is O=C1C=CC(=O)c2c(O)c(O)cc(O)c21. The lowest BCUT2D eigenvalue weighted by atomic mass is 9.93. The Morgan fingerprint density at radius 1 is 0.800 bits per heavy atom. The molecule has 0 aliphatic heterocycles. The molecule has 15 heavy (non-hydrogen) atoms. The van der Waals surface area contributed by atoms with E-state index in [1.165, 1.54) is 0 Å². The van der Waals surface area contributed by atoms with Crippen molar-refractivity contribution in [3.05, 3.63) is 29.3 Å². The van der Waals surface area contributed by atoms with Gasteiger partial charge >= 0.3 is 0 Å². The second-order valence-corrected chi connectivity index (χ2v) is 3.08. The van der Waals surface area contributed by atoms with E-state index in [4.69, 9.17) is 5.11 Å². The summed E-state index contributed by atoms with van der Waals surface area (Å²) in [6, 6.07) is 0.818. The summed E-state index contributed by atoms with van der Waals surface area (Å²) in [5.41, 5.74) is -0.641. The minimum absolute atomic E-state index is 0.280. The van der Waals surface area contributed by atoms with Crippen molar-refractivity contribution in [2.75, 3.05) is 0 Å². The summed E-state index contributed by atoms with van der Waals surface area (Å²) < 4.78 is 0. The van der Waals surface area contributed by atoms with Crippen molar-refractivity contribution in [2.45, 2.75) is 0 Å². The van der Waals surface area contributed by atoms with Crippen LogP contribution < -0.4 is 0 Å². The largest absolute Gasteiger partial charge is 0.507 e. The van der Waals surface area contributed by atoms with Gasteiger partial charge in [-0.3, -0.25) is 9.59 Å². The Morgan fingerprint density at radius 2 is 1.33 bits per heavy atom. The maximum Gasteiger partial charge on any atom is 0.190 e. The Hall–Kier alpha value is -2.30. The number of phenolic OH excluding ortho intramolecular Hbond substituents is 3. The van der Waals surface area contributed by atoms with E-state index in [2.05, 4.69) is 0 Å². The molecule has 0 atom stereocenters. The molecular weight excluding hydrogens is 200 g/mol. The van der Waals surface area contributed by atoms with Gasteiger partial charge in [-0.25, -0.2) is 0 Å². The van der Waals surface area contributed by atoms with Gasteiger partial charge in [-0.05, 0) is 12.2 Å². The molecule has 1 aliphatic carbocycles. The van der Waals surface area contributed by atoms with E-state index >= 15 is 0 Å². The van der Waals surface area contributed by atoms with E-state index in [1.807, 2.05) is 0 Å². The van der Waals surface area contributed by atoms with Gasteiger partial charge < -0.3 is 15.3 Å². The van der Waals surface area contributed by atoms with Crippen molar-refractivity contribution in [2.24, 2.45) is 0 Å². The van der Waals surface area contributed by atoms with Crippen LogP contribution in [0.1, 0.15) is 20.7 Å². The molecule has 0 radical (unpaired) electrons. The molecule has 1 aromatic rings. The first-order chi connectivity index (χ1) is 7.02. The van der Waals surface area contributed by atoms with Gasteiger partial charge in [-0.1, -0.05) is 0 Å². The molecule has 0 heterocycles. The number of rotatable bonds is 0. The summed E-state index contributed by atoms with van der Waals surface area (Å²) in [7, 11) is 0. The molecule has 0 amide bonds. The first kappa shape index (κ1) is 9.26. The molecular formula is C10H6O5. The van der Waals surface area contributed by atoms with Crippen LogP contribution in [0.5, 0.6) is 17.2 Å². The van der Waals surface area contributed by atoms with Crippen molar-refractivity contribution in [3.63, 3.8) is 0 Å². The third kappa shape index (κ3) is 1.17. The van der Waals surface area contributed by atoms with Gasteiger partial charge in [0, 0.05) is 6.07 Å². The van der Waals surface area contributed by atoms with Crippen LogP contribution >= 0.6 is 0 Å². The quantitative estimate of drug-likeness (QED) is 0.429. The Morgan fingerprint density at radius 3 is 1.93 bits per heavy atom. The number of fused-ring (bicyclic) bond motifs is 1. The number of carbonyl (C=O) groups is 2. The number of ketones is 2. The van der Waals surface area contributed by atoms with Crippen LogP contribution in [0.25, 0.3) is 0 Å². The Kier molecular flexibility index (Phi) is 1.76. The van der Waals surface area contributed by atoms with E-state index in [-0.39, 0.29) is 11.1 Å². The smallest absolute Gasteiger partial charge is 0.190 e. The zero-order valence-corrected chi connectivity index (χ0v) is 7.39. The van der Waals surface area contributed by atoms with E-state index < -0.39 is 28.8 Å². The lowest BCUT2D eigenvalue weighted by Gasteiger charge is -2.13. The fraction of sp³-hybridized carbons (Fsp3) is 0. The zero-order chi connectivity index (χ0) is 11.2. The van der Waals surface area contributed by atoms with Gasteiger partial charge in [-0.15, -0.1) is 0 Å². The summed E-state index contributed by atoms with van der Waals surface area (Å²) in [5.74, 6) is -3.07. The van der Waals surface area contributed by atoms with Gasteiger partial charge in [0.2, 0.25) is 0 Å². The fourth-order valence-corrected chi connectivity index (χ4v) is 1.45. The van der Waals surface area contributed by atoms with Gasteiger partial charge in [-0.2, -0.15) is 0 Å². The Bertz CT molecular complexity index is 513. The van der Waals surface area contributed by atoms with E-state index in [0.717, 1.165) is 18.2 Å². The molecule has 0 spiro atoms. The monoisotopic (exact) mass is 206 g/mol. The molecule has 0 bridgehead atoms. The number of hydrogen-bond acceptors (Lipinski definition) is 5. The Balaban J connectivity index is 2.87. The molecule has 0 unspecified atom stereocenters. The number of aromatic hydroxyl groups is 3. The molecule has 76 valence electrons. The molecule has 1 aliphatic rings. The van der Waals surface area contributed by atoms with Crippen LogP contribution in [0.2, 0.25) is 0 Å². The summed E-state index contributed by atoms with van der Waals surface area (Å²) in [6.45, 7) is 0. The molecule has 3 N–H and O–H groups in total. The highest BCUT2D eigenvalue weighted by Gasteiger charge is 2.28. The average molecular weight is 206 g/mol. The third-order valence-corrected chi connectivity index (χ3v) is 2.14. The molecule has 5 heteroatoms. The summed E-state index contributed by atoms with van der Waals surface area (Å²) in [5, 5.41) is 27.9. The summed E-state index contributed by atoms with van der Waals surface area (Å²) in [6.07, 6.45) is 1.98. The minimum atomic E-state index is -0.689. The number of phenols is 3. The topological polar surface area (TPSA) is 94.8 Å². The highest BCUT2D eigenvalue weighted by molar-refractivity contribution is 6.24. The Labute approximate surface area is 83.9 Å². The second-order valence-electron chi connectivity index (χ2n) is 3.08. The maximum absolute atomic E-state index is 11.3. The van der Waals surface area contributed by atoms with Gasteiger partial charge in [0.25, 0.3) is 0 Å². The molecule has 2 rings (SSSR count). The van der Waals surface area contributed by atoms with Crippen LogP contribution in [0.3, 0.4) is 0 Å². The first-order valence-corrected chi connectivity index (χ1v) is 4.07. The highest BCUT2D eigenvalue weighted by atomic mass is 16.3. The molecule has 0 aromatic heterocycles. The molecule has 0 fully saturated rings. The van der Waals surface area contributed by atoms with Gasteiger partial charge in [0.15, 0.2) is 23.1 Å². The van der Waals surface area contributed by atoms with Crippen molar-refractivity contribution >= 4 is 11.6 Å². The van der Waals surface area contributed by atoms with Gasteiger partial charge in [0.1, 0.15) is 5.75 Å². The predicted molar refractivity (Wildman–Crippen MR) is 49.2 cm³/mol. The van der Waals surface area contributed by atoms with E-state index in [9.17, 15) is 19.8 Å². The lowest BCUT2D eigenvalue weighted by Crippen LogP contribution is -2.11. The van der Waals surface area contributed by atoms with Crippen molar-refractivity contribution < 1.29 is 24.9 Å². The third-order valence-electron chi connectivity index (χ3n) is 2.14. The van der Waals surface area contributed by atoms with Crippen LogP contribution in [0.4, 0.5) is 0 Å². The number of benzene rings is 1. The van der Waals surface area contributed by atoms with Gasteiger partial charge in [0.05, 0.1) is 11.1 Å². The fourth-order valence-electron chi connectivity index (χ4n) is 1.45. The first-order valence-electron chi connectivity index (χ1n) is 4.07. The maximum atomic E-state index is 11.3. The zero-order valence-electron chi connectivity index (χ0n) is 7.39. The molecule has 1 aromatic carbocycles. The second kappa shape index (κ2) is 2.84. The normalized spacial score (nSPS) is 14.1. The van der Waals surface area contributed by atoms with Crippen molar-refractivity contribution in [3.8, 4) is 17.2 Å². The number of hydrogen-bond donors (Lipinski definition) is 3. The van der Waals surface area contributed by atoms with E-state index in [1.54, 1.807) is 0 Å². The standard InChI is InChI=1S/C10H6O5/c11-4-1-2-5(12)9-8(4)6(13)3-7(14)10(9)15/h1-3,13-15H. The number of allylic oxidation sites excluding steroid dienone is 2. The highest BCUT2D eigenvalue weighted by Crippen LogP contribution is 2.39. The average Bonchev–Trinajstić information content (AvgIpc) is 2.18. The summed E-state index contributed by atoms with van der Waals surface area (Å²) in [4.78, 5) is 22.7. The summed E-state index contributed by atoms with van der Waals surface area (Å²) >= 11 is 0.